The average molecular weight is 288 g/mol. The second kappa shape index (κ2) is 5.46. The smallest absolute Gasteiger partial charge is 0.328 e. The molecule has 0 radical (unpaired) electrons. The molecular weight excluding hydrogens is 273 g/mol. The molecule has 0 bridgehead atoms. The van der Waals surface area contributed by atoms with E-state index in [1.807, 2.05) is 6.92 Å². The lowest BCUT2D eigenvalue weighted by atomic mass is 10.1. The number of hydrogen-bond acceptors (Lipinski definition) is 3. The van der Waals surface area contributed by atoms with Crippen LogP contribution in [-0.4, -0.2) is 11.0 Å². The summed E-state index contributed by atoms with van der Waals surface area (Å²) in [6.45, 7) is 1.94. The number of alkyl halides is 3. The Morgan fingerprint density at radius 3 is 2.74 bits per heavy atom. The van der Waals surface area contributed by atoms with E-state index in [0.717, 1.165) is 41.1 Å². The van der Waals surface area contributed by atoms with Crippen molar-refractivity contribution in [1.82, 2.24) is 4.98 Å². The first-order valence-electron chi connectivity index (χ1n) is 6.08. The minimum Gasteiger partial charge on any atom is -0.328 e. The molecule has 0 saturated carbocycles. The Hall–Kier alpha value is -1.14. The molecule has 0 aliphatic rings. The molecule has 2 N–H and O–H groups in total. The van der Waals surface area contributed by atoms with E-state index >= 15 is 0 Å². The Morgan fingerprint density at radius 1 is 1.37 bits per heavy atom. The van der Waals surface area contributed by atoms with Crippen molar-refractivity contribution in [2.24, 2.45) is 5.73 Å². The van der Waals surface area contributed by atoms with Crippen LogP contribution in [-0.2, 0) is 12.6 Å². The largest absolute Gasteiger partial charge is 0.416 e. The van der Waals surface area contributed by atoms with Gasteiger partial charge in [0.1, 0.15) is 0 Å². The van der Waals surface area contributed by atoms with Gasteiger partial charge in [-0.25, -0.2) is 4.98 Å². The zero-order chi connectivity index (χ0) is 14.0. The van der Waals surface area contributed by atoms with Gasteiger partial charge in [-0.15, -0.1) is 11.3 Å². The molecule has 0 amide bonds. The number of aryl methyl sites for hydroxylation is 1. The predicted octanol–water partition coefficient (Wildman–Crippen LogP) is 3.99. The van der Waals surface area contributed by atoms with Crippen LogP contribution in [0, 0.1) is 0 Å². The van der Waals surface area contributed by atoms with Crippen LogP contribution in [0.4, 0.5) is 13.2 Å². The number of nitrogens with two attached hydrogens (primary N) is 1. The van der Waals surface area contributed by atoms with Gasteiger partial charge < -0.3 is 5.73 Å². The number of benzene rings is 1. The molecule has 0 fully saturated rings. The minimum absolute atomic E-state index is 0.145. The third-order valence-corrected chi connectivity index (χ3v) is 3.91. The monoisotopic (exact) mass is 288 g/mol. The molecule has 1 unspecified atom stereocenters. The van der Waals surface area contributed by atoms with E-state index in [4.69, 9.17) is 5.73 Å². The van der Waals surface area contributed by atoms with Crippen LogP contribution < -0.4 is 5.73 Å². The summed E-state index contributed by atoms with van der Waals surface area (Å²) in [4.78, 5) is 4.26. The van der Waals surface area contributed by atoms with Gasteiger partial charge in [0.25, 0.3) is 0 Å². The molecule has 2 rings (SSSR count). The predicted molar refractivity (Wildman–Crippen MR) is 71.2 cm³/mol. The van der Waals surface area contributed by atoms with Crippen molar-refractivity contribution in [2.75, 3.05) is 0 Å². The van der Waals surface area contributed by atoms with Gasteiger partial charge >= 0.3 is 6.18 Å². The molecule has 1 heterocycles. The van der Waals surface area contributed by atoms with Crippen molar-refractivity contribution < 1.29 is 13.2 Å². The standard InChI is InChI=1S/C13H15F3N2S/c1-8(17)3-2-4-12-18-10-7-9(13(14,15)16)5-6-11(10)19-12/h5-8H,2-4,17H2,1H3. The summed E-state index contributed by atoms with van der Waals surface area (Å²) >= 11 is 1.45. The number of halogens is 3. The molecule has 0 spiro atoms. The fourth-order valence-electron chi connectivity index (χ4n) is 1.83. The third-order valence-electron chi connectivity index (χ3n) is 2.81. The summed E-state index contributed by atoms with van der Waals surface area (Å²) in [6, 6.07) is 3.85. The van der Waals surface area contributed by atoms with Crippen LogP contribution in [0.3, 0.4) is 0 Å². The van der Waals surface area contributed by atoms with Gasteiger partial charge in [0.15, 0.2) is 0 Å². The fourth-order valence-corrected chi connectivity index (χ4v) is 2.82. The van der Waals surface area contributed by atoms with Crippen LogP contribution in [0.5, 0.6) is 0 Å². The Morgan fingerprint density at radius 2 is 2.11 bits per heavy atom. The van der Waals surface area contributed by atoms with Gasteiger partial charge in [0.2, 0.25) is 0 Å². The quantitative estimate of drug-likeness (QED) is 0.924. The number of thiazole rings is 1. The Labute approximate surface area is 113 Å². The van der Waals surface area contributed by atoms with Gasteiger partial charge in [0.05, 0.1) is 20.8 Å². The summed E-state index contributed by atoms with van der Waals surface area (Å²) in [5.74, 6) is 0. The van der Waals surface area contributed by atoms with E-state index in [-0.39, 0.29) is 6.04 Å². The zero-order valence-corrected chi connectivity index (χ0v) is 11.3. The van der Waals surface area contributed by atoms with Crippen LogP contribution in [0.15, 0.2) is 18.2 Å². The molecule has 19 heavy (non-hydrogen) atoms. The molecule has 1 aromatic heterocycles. The summed E-state index contributed by atoms with van der Waals surface area (Å²) in [5, 5.41) is 0.870. The first-order valence-corrected chi connectivity index (χ1v) is 6.90. The highest BCUT2D eigenvalue weighted by Crippen LogP contribution is 2.33. The highest BCUT2D eigenvalue weighted by atomic mass is 32.1. The first-order chi connectivity index (χ1) is 8.86. The number of aromatic nitrogens is 1. The normalized spacial score (nSPS) is 13.9. The van der Waals surface area contributed by atoms with Crippen LogP contribution >= 0.6 is 11.3 Å². The SMILES string of the molecule is CC(N)CCCc1nc2cc(C(F)(F)F)ccc2s1. The molecule has 104 valence electrons. The van der Waals surface area contributed by atoms with Crippen molar-refractivity contribution in [3.05, 3.63) is 28.8 Å². The van der Waals surface area contributed by atoms with Gasteiger partial charge in [0, 0.05) is 6.04 Å². The Kier molecular flexibility index (Phi) is 4.10. The highest BCUT2D eigenvalue weighted by molar-refractivity contribution is 7.18. The van der Waals surface area contributed by atoms with Gasteiger partial charge in [-0.2, -0.15) is 13.2 Å². The average Bonchev–Trinajstić information content (AvgIpc) is 2.68. The lowest BCUT2D eigenvalue weighted by Crippen LogP contribution is -2.14. The molecule has 2 nitrogen and oxygen atoms in total. The van der Waals surface area contributed by atoms with E-state index in [0.29, 0.717) is 5.52 Å². The van der Waals surface area contributed by atoms with Crippen LogP contribution in [0.1, 0.15) is 30.3 Å². The maximum absolute atomic E-state index is 12.6. The number of fused-ring (bicyclic) bond motifs is 1. The number of hydrogen-bond donors (Lipinski definition) is 1. The lowest BCUT2D eigenvalue weighted by molar-refractivity contribution is -0.137. The highest BCUT2D eigenvalue weighted by Gasteiger charge is 2.30. The molecule has 1 atom stereocenters. The van der Waals surface area contributed by atoms with Crippen molar-refractivity contribution >= 4 is 21.6 Å². The van der Waals surface area contributed by atoms with Crippen molar-refractivity contribution in [3.63, 3.8) is 0 Å². The molecule has 1 aromatic carbocycles. The summed E-state index contributed by atoms with van der Waals surface area (Å²) < 4.78 is 38.5. The minimum atomic E-state index is -4.31. The molecular formula is C13H15F3N2S. The second-order valence-corrected chi connectivity index (χ2v) is 5.77. The van der Waals surface area contributed by atoms with E-state index in [9.17, 15) is 13.2 Å². The topological polar surface area (TPSA) is 38.9 Å². The van der Waals surface area contributed by atoms with Crippen molar-refractivity contribution in [2.45, 2.75) is 38.4 Å². The van der Waals surface area contributed by atoms with Crippen molar-refractivity contribution in [1.29, 1.82) is 0 Å². The molecule has 6 heteroatoms. The maximum Gasteiger partial charge on any atom is 0.416 e. The Balaban J connectivity index is 2.16. The fraction of sp³-hybridized carbons (Fsp3) is 0.462. The molecule has 2 aromatic rings. The summed E-state index contributed by atoms with van der Waals surface area (Å²) in [6.07, 6.45) is -1.75. The van der Waals surface area contributed by atoms with Gasteiger partial charge in [-0.05, 0) is 44.4 Å². The Bertz CT molecular complexity index is 561. The zero-order valence-electron chi connectivity index (χ0n) is 10.5. The lowest BCUT2D eigenvalue weighted by Gasteiger charge is -2.04. The second-order valence-electron chi connectivity index (χ2n) is 4.66. The molecule has 0 saturated heterocycles. The van der Waals surface area contributed by atoms with Crippen LogP contribution in [0.25, 0.3) is 10.2 Å². The van der Waals surface area contributed by atoms with E-state index in [1.165, 1.54) is 17.4 Å². The van der Waals surface area contributed by atoms with E-state index in [2.05, 4.69) is 4.98 Å². The van der Waals surface area contributed by atoms with Gasteiger partial charge in [-0.1, -0.05) is 0 Å². The molecule has 0 aliphatic heterocycles. The van der Waals surface area contributed by atoms with Gasteiger partial charge in [-0.3, -0.25) is 0 Å². The summed E-state index contributed by atoms with van der Waals surface area (Å²) in [5.41, 5.74) is 5.44. The first kappa shape index (κ1) is 14.3. The summed E-state index contributed by atoms with van der Waals surface area (Å²) in [7, 11) is 0. The number of nitrogens with zero attached hydrogens (tertiary/aromatic N) is 1. The van der Waals surface area contributed by atoms with E-state index in [1.54, 1.807) is 0 Å². The molecule has 0 aliphatic carbocycles. The van der Waals surface area contributed by atoms with Crippen molar-refractivity contribution in [3.8, 4) is 0 Å². The van der Waals surface area contributed by atoms with E-state index < -0.39 is 11.7 Å². The maximum atomic E-state index is 12.6. The van der Waals surface area contributed by atoms with Crippen LogP contribution in [0.2, 0.25) is 0 Å². The number of rotatable bonds is 4. The third kappa shape index (κ3) is 3.67.